The minimum atomic E-state index is -0.961. The first-order chi connectivity index (χ1) is 7.50. The summed E-state index contributed by atoms with van der Waals surface area (Å²) in [6.07, 6.45) is 3.00. The van der Waals surface area contributed by atoms with E-state index in [9.17, 15) is 4.79 Å². The molecule has 0 aromatic heterocycles. The topological polar surface area (TPSA) is 79.0 Å². The first kappa shape index (κ1) is 12.8. The third-order valence-electron chi connectivity index (χ3n) is 2.35. The molecule has 0 aliphatic carbocycles. The zero-order valence-corrected chi connectivity index (χ0v) is 9.67. The average molecular weight is 229 g/mol. The van der Waals surface area contributed by atoms with Crippen LogP contribution in [-0.2, 0) is 9.53 Å². The summed E-state index contributed by atoms with van der Waals surface area (Å²) < 4.78 is 4.94. The van der Waals surface area contributed by atoms with Crippen LogP contribution in [0.2, 0.25) is 0 Å². The molecule has 0 fully saturated rings. The maximum absolute atomic E-state index is 11.3. The molecule has 1 rings (SSSR count). The molecule has 0 aromatic carbocycles. The van der Waals surface area contributed by atoms with Crippen molar-refractivity contribution in [3.05, 3.63) is 12.4 Å². The molecule has 92 valence electrons. The lowest BCUT2D eigenvalue weighted by atomic mass is 10.2. The van der Waals surface area contributed by atoms with Gasteiger partial charge in [-0.25, -0.2) is 0 Å². The Morgan fingerprint density at radius 1 is 1.62 bits per heavy atom. The van der Waals surface area contributed by atoms with Gasteiger partial charge < -0.3 is 25.4 Å². The maximum atomic E-state index is 11.3. The molecule has 0 radical (unpaired) electrons. The Labute approximate surface area is 95.3 Å². The number of aliphatic hydroxyl groups excluding tert-OH is 1. The molecule has 6 nitrogen and oxygen atoms in total. The number of hydrogen-bond acceptors (Lipinski definition) is 6. The van der Waals surface area contributed by atoms with Gasteiger partial charge in [-0.2, -0.15) is 0 Å². The molecule has 0 unspecified atom stereocenters. The fourth-order valence-corrected chi connectivity index (χ4v) is 1.29. The van der Waals surface area contributed by atoms with Gasteiger partial charge in [0.05, 0.1) is 19.3 Å². The van der Waals surface area contributed by atoms with Crippen molar-refractivity contribution < 1.29 is 14.6 Å². The Bertz CT molecular complexity index is 268. The Hall–Kier alpha value is -1.27. The van der Waals surface area contributed by atoms with Crippen LogP contribution in [0.4, 0.5) is 0 Å². The zero-order valence-electron chi connectivity index (χ0n) is 9.67. The number of carbonyl (C=O) groups is 1. The number of ether oxygens (including phenoxy) is 1. The van der Waals surface area contributed by atoms with Crippen molar-refractivity contribution >= 4 is 5.97 Å². The summed E-state index contributed by atoms with van der Waals surface area (Å²) in [4.78, 5) is 15.3. The standard InChI is InChI=1S/C10H19N3O3/c1-8(14)9(11)10(15)16-6-5-13-4-3-12(2)7-13/h3-4,8-9,14H,5-7,11H2,1-2H3/t8-,9+/m1/s1. The largest absolute Gasteiger partial charge is 0.463 e. The van der Waals surface area contributed by atoms with Crippen LogP contribution in [-0.4, -0.2) is 59.9 Å². The lowest BCUT2D eigenvalue weighted by Gasteiger charge is -2.19. The molecule has 0 aromatic rings. The minimum absolute atomic E-state index is 0.275. The highest BCUT2D eigenvalue weighted by Gasteiger charge is 2.20. The summed E-state index contributed by atoms with van der Waals surface area (Å²) in [7, 11) is 1.96. The highest BCUT2D eigenvalue weighted by molar-refractivity contribution is 5.76. The van der Waals surface area contributed by atoms with E-state index in [1.54, 1.807) is 0 Å². The van der Waals surface area contributed by atoms with Gasteiger partial charge in [0.15, 0.2) is 0 Å². The van der Waals surface area contributed by atoms with Crippen LogP contribution in [0.25, 0.3) is 0 Å². The average Bonchev–Trinajstić information content (AvgIpc) is 2.62. The van der Waals surface area contributed by atoms with E-state index < -0.39 is 18.1 Å². The van der Waals surface area contributed by atoms with Gasteiger partial charge in [0.1, 0.15) is 12.6 Å². The van der Waals surface area contributed by atoms with E-state index in [1.165, 1.54) is 6.92 Å². The second kappa shape index (κ2) is 5.72. The summed E-state index contributed by atoms with van der Waals surface area (Å²) in [6, 6.07) is -0.961. The van der Waals surface area contributed by atoms with Crippen molar-refractivity contribution in [2.45, 2.75) is 19.1 Å². The van der Waals surface area contributed by atoms with Crippen LogP contribution >= 0.6 is 0 Å². The smallest absolute Gasteiger partial charge is 0.325 e. The molecule has 0 saturated heterocycles. The Balaban J connectivity index is 2.16. The van der Waals surface area contributed by atoms with Gasteiger partial charge >= 0.3 is 5.97 Å². The van der Waals surface area contributed by atoms with Crippen molar-refractivity contribution in [2.24, 2.45) is 5.73 Å². The first-order valence-electron chi connectivity index (χ1n) is 5.23. The normalized spacial score (nSPS) is 18.8. The van der Waals surface area contributed by atoms with Gasteiger partial charge in [-0.1, -0.05) is 0 Å². The molecule has 2 atom stereocenters. The van der Waals surface area contributed by atoms with Crippen molar-refractivity contribution in [3.63, 3.8) is 0 Å². The quantitative estimate of drug-likeness (QED) is 0.583. The van der Waals surface area contributed by atoms with Crippen LogP contribution < -0.4 is 5.73 Å². The van der Waals surface area contributed by atoms with Crippen LogP contribution in [0, 0.1) is 0 Å². The third-order valence-corrected chi connectivity index (χ3v) is 2.35. The number of nitrogens with two attached hydrogens (primary N) is 1. The second-order valence-electron chi connectivity index (χ2n) is 3.94. The highest BCUT2D eigenvalue weighted by atomic mass is 16.5. The Morgan fingerprint density at radius 2 is 2.31 bits per heavy atom. The molecule has 1 heterocycles. The first-order valence-corrected chi connectivity index (χ1v) is 5.23. The van der Waals surface area contributed by atoms with Crippen molar-refractivity contribution in [1.29, 1.82) is 0 Å². The molecule has 0 bridgehead atoms. The lowest BCUT2D eigenvalue weighted by Crippen LogP contribution is -2.42. The monoisotopic (exact) mass is 229 g/mol. The molecule has 1 aliphatic heterocycles. The summed E-state index contributed by atoms with van der Waals surface area (Å²) >= 11 is 0. The molecular formula is C10H19N3O3. The van der Waals surface area contributed by atoms with E-state index in [0.717, 1.165) is 6.67 Å². The molecule has 3 N–H and O–H groups in total. The van der Waals surface area contributed by atoms with Crippen LogP contribution in [0.1, 0.15) is 6.92 Å². The van der Waals surface area contributed by atoms with Crippen molar-refractivity contribution in [2.75, 3.05) is 26.9 Å². The number of carbonyl (C=O) groups excluding carboxylic acids is 1. The molecule has 0 amide bonds. The number of rotatable bonds is 5. The molecule has 0 saturated carbocycles. The van der Waals surface area contributed by atoms with Gasteiger partial charge in [-0.15, -0.1) is 0 Å². The molecule has 0 spiro atoms. The number of hydrogen-bond donors (Lipinski definition) is 2. The van der Waals surface area contributed by atoms with Gasteiger partial charge in [-0.3, -0.25) is 4.79 Å². The predicted molar refractivity (Wildman–Crippen MR) is 59.1 cm³/mol. The molecule has 6 heteroatoms. The fraction of sp³-hybridized carbons (Fsp3) is 0.700. The number of aliphatic hydroxyl groups is 1. The Kier molecular flexibility index (Phi) is 4.57. The van der Waals surface area contributed by atoms with E-state index in [-0.39, 0.29) is 6.61 Å². The maximum Gasteiger partial charge on any atom is 0.325 e. The van der Waals surface area contributed by atoms with Crippen molar-refractivity contribution in [1.82, 2.24) is 9.80 Å². The highest BCUT2D eigenvalue weighted by Crippen LogP contribution is 2.02. The van der Waals surface area contributed by atoms with E-state index >= 15 is 0 Å². The van der Waals surface area contributed by atoms with Gasteiger partial charge in [0.2, 0.25) is 0 Å². The molecule has 1 aliphatic rings. The molecule has 16 heavy (non-hydrogen) atoms. The van der Waals surface area contributed by atoms with Gasteiger partial charge in [0, 0.05) is 19.4 Å². The van der Waals surface area contributed by atoms with Crippen LogP contribution in [0.5, 0.6) is 0 Å². The van der Waals surface area contributed by atoms with E-state index in [1.807, 2.05) is 29.2 Å². The zero-order chi connectivity index (χ0) is 12.1. The second-order valence-corrected chi connectivity index (χ2v) is 3.94. The summed E-state index contributed by atoms with van der Waals surface area (Å²) in [5.74, 6) is -0.563. The van der Waals surface area contributed by atoms with Crippen LogP contribution in [0.3, 0.4) is 0 Å². The van der Waals surface area contributed by atoms with Crippen LogP contribution in [0.15, 0.2) is 12.4 Å². The minimum Gasteiger partial charge on any atom is -0.463 e. The van der Waals surface area contributed by atoms with Gasteiger partial charge in [0.25, 0.3) is 0 Å². The van der Waals surface area contributed by atoms with E-state index in [4.69, 9.17) is 15.6 Å². The Morgan fingerprint density at radius 3 is 2.81 bits per heavy atom. The third kappa shape index (κ3) is 3.71. The lowest BCUT2D eigenvalue weighted by molar-refractivity contribution is -0.147. The fourth-order valence-electron chi connectivity index (χ4n) is 1.29. The van der Waals surface area contributed by atoms with E-state index in [2.05, 4.69) is 0 Å². The van der Waals surface area contributed by atoms with Crippen molar-refractivity contribution in [3.8, 4) is 0 Å². The SMILES string of the molecule is C[C@@H](O)[C@H](N)C(=O)OCCN1C=CN(C)C1. The summed E-state index contributed by atoms with van der Waals surface area (Å²) in [6.45, 7) is 3.15. The summed E-state index contributed by atoms with van der Waals surface area (Å²) in [5, 5.41) is 9.08. The number of nitrogens with zero attached hydrogens (tertiary/aromatic N) is 2. The molecular weight excluding hydrogens is 210 g/mol. The van der Waals surface area contributed by atoms with Gasteiger partial charge in [-0.05, 0) is 6.92 Å². The number of esters is 1. The summed E-state index contributed by atoms with van der Waals surface area (Å²) in [5.41, 5.74) is 5.42. The predicted octanol–water partition coefficient (Wildman–Crippen LogP) is -1.09. The van der Waals surface area contributed by atoms with E-state index in [0.29, 0.717) is 6.54 Å².